The number of fused-ring (bicyclic) bond motifs is 1. The van der Waals surface area contributed by atoms with Gasteiger partial charge in [0.15, 0.2) is 0 Å². The quantitative estimate of drug-likeness (QED) is 0.689. The molecule has 1 aromatic heterocycles. The molecule has 1 aliphatic heterocycles. The van der Waals surface area contributed by atoms with E-state index in [4.69, 9.17) is 0 Å². The highest BCUT2D eigenvalue weighted by Crippen LogP contribution is 2.38. The topological polar surface area (TPSA) is 34.0 Å². The Balaban J connectivity index is 2.08. The Bertz CT molecular complexity index is 451. The summed E-state index contributed by atoms with van der Waals surface area (Å²) in [4.78, 5) is 12.0. The molecule has 1 fully saturated rings. The third-order valence-electron chi connectivity index (χ3n) is 3.35. The van der Waals surface area contributed by atoms with E-state index in [-0.39, 0.29) is 11.4 Å². The van der Waals surface area contributed by atoms with E-state index in [1.165, 1.54) is 6.42 Å². The largest absolute Gasteiger partial charge is 0.343 e. The van der Waals surface area contributed by atoms with E-state index in [9.17, 15) is 4.79 Å². The minimum absolute atomic E-state index is 0.0611. The Hall–Kier alpha value is -0.0400. The molecule has 1 amide bonds. The van der Waals surface area contributed by atoms with Gasteiger partial charge in [0.25, 0.3) is 5.91 Å². The molecule has 0 atom stereocenters. The Morgan fingerprint density at radius 3 is 2.87 bits per heavy atom. The summed E-state index contributed by atoms with van der Waals surface area (Å²) >= 11 is 5.71. The molecule has 1 saturated carbocycles. The average molecular weight is 381 g/mol. The molecule has 5 heteroatoms. The van der Waals surface area contributed by atoms with Crippen LogP contribution in [0.2, 0.25) is 0 Å². The lowest BCUT2D eigenvalue weighted by atomic mass is 9.75. The van der Waals surface area contributed by atoms with Gasteiger partial charge in [0.2, 0.25) is 0 Å². The van der Waals surface area contributed by atoms with Crippen LogP contribution in [0.3, 0.4) is 0 Å². The van der Waals surface area contributed by atoms with Crippen molar-refractivity contribution < 1.29 is 4.79 Å². The standard InChI is InChI=1S/C10H10BrIN2O/c11-7-6(12)4-14-5-10(2-1-3-10)13-9(15)8(7)14/h4H,1-3,5H2,(H,13,15). The van der Waals surface area contributed by atoms with E-state index in [1.807, 2.05) is 0 Å². The van der Waals surface area contributed by atoms with E-state index in [0.29, 0.717) is 0 Å². The van der Waals surface area contributed by atoms with Gasteiger partial charge in [0.1, 0.15) is 5.69 Å². The number of hydrogen-bond donors (Lipinski definition) is 1. The van der Waals surface area contributed by atoms with E-state index in [1.54, 1.807) is 0 Å². The third-order valence-corrected chi connectivity index (χ3v) is 5.71. The summed E-state index contributed by atoms with van der Waals surface area (Å²) in [6.45, 7) is 0.926. The second kappa shape index (κ2) is 3.23. The van der Waals surface area contributed by atoms with Gasteiger partial charge in [-0.3, -0.25) is 4.79 Å². The minimum atomic E-state index is 0.0611. The first-order valence-corrected chi connectivity index (χ1v) is 6.85. The van der Waals surface area contributed by atoms with Crippen molar-refractivity contribution in [3.8, 4) is 0 Å². The van der Waals surface area contributed by atoms with Crippen molar-refractivity contribution in [2.75, 3.05) is 0 Å². The number of amides is 1. The number of nitrogens with zero attached hydrogens (tertiary/aromatic N) is 1. The van der Waals surface area contributed by atoms with Gasteiger partial charge in [-0.2, -0.15) is 0 Å². The van der Waals surface area contributed by atoms with Crippen molar-refractivity contribution in [2.24, 2.45) is 0 Å². The zero-order valence-electron chi connectivity index (χ0n) is 8.02. The number of halogens is 2. The number of hydrogen-bond acceptors (Lipinski definition) is 1. The van der Waals surface area contributed by atoms with E-state index >= 15 is 0 Å². The molecule has 0 bridgehead atoms. The summed E-state index contributed by atoms with van der Waals surface area (Å²) < 4.78 is 4.12. The van der Waals surface area contributed by atoms with Crippen LogP contribution in [0.1, 0.15) is 29.8 Å². The predicted octanol–water partition coefficient (Wildman–Crippen LogP) is 2.52. The number of nitrogens with one attached hydrogen (secondary N) is 1. The first kappa shape index (κ1) is 10.1. The number of aromatic nitrogens is 1. The molecule has 0 saturated heterocycles. The molecule has 0 radical (unpaired) electrons. The van der Waals surface area contributed by atoms with Crippen molar-refractivity contribution in [1.82, 2.24) is 9.88 Å². The van der Waals surface area contributed by atoms with Crippen molar-refractivity contribution in [1.29, 1.82) is 0 Å². The lowest BCUT2D eigenvalue weighted by Crippen LogP contribution is -2.59. The summed E-state index contributed by atoms with van der Waals surface area (Å²) in [6.07, 6.45) is 5.52. The molecule has 1 aliphatic carbocycles. The van der Waals surface area contributed by atoms with E-state index < -0.39 is 0 Å². The van der Waals surface area contributed by atoms with Gasteiger partial charge < -0.3 is 9.88 Å². The molecular weight excluding hydrogens is 371 g/mol. The van der Waals surface area contributed by atoms with Gasteiger partial charge in [0, 0.05) is 16.3 Å². The molecule has 15 heavy (non-hydrogen) atoms. The smallest absolute Gasteiger partial charge is 0.269 e. The monoisotopic (exact) mass is 380 g/mol. The maximum absolute atomic E-state index is 12.0. The number of carbonyl (C=O) groups excluding carboxylic acids is 1. The first-order valence-electron chi connectivity index (χ1n) is 4.98. The zero-order chi connectivity index (χ0) is 10.6. The zero-order valence-corrected chi connectivity index (χ0v) is 11.8. The Morgan fingerprint density at radius 1 is 1.53 bits per heavy atom. The van der Waals surface area contributed by atoms with E-state index in [2.05, 4.69) is 54.6 Å². The predicted molar refractivity (Wildman–Crippen MR) is 68.9 cm³/mol. The maximum atomic E-state index is 12.0. The molecule has 3 nitrogen and oxygen atoms in total. The van der Waals surface area contributed by atoms with Gasteiger partial charge in [-0.1, -0.05) is 0 Å². The minimum Gasteiger partial charge on any atom is -0.343 e. The molecule has 2 aliphatic rings. The second-order valence-corrected chi connectivity index (χ2v) is 6.31. The van der Waals surface area contributed by atoms with Crippen LogP contribution in [-0.4, -0.2) is 16.0 Å². The summed E-state index contributed by atoms with van der Waals surface area (Å²) in [5, 5.41) is 3.15. The van der Waals surface area contributed by atoms with Crippen LogP contribution in [0, 0.1) is 3.57 Å². The van der Waals surface area contributed by atoms with Crippen LogP contribution in [0.5, 0.6) is 0 Å². The van der Waals surface area contributed by atoms with Crippen LogP contribution in [0.4, 0.5) is 0 Å². The van der Waals surface area contributed by atoms with Gasteiger partial charge in [-0.25, -0.2) is 0 Å². The highest BCUT2D eigenvalue weighted by Gasteiger charge is 2.43. The van der Waals surface area contributed by atoms with Crippen LogP contribution in [0.25, 0.3) is 0 Å². The number of carbonyl (C=O) groups is 1. The highest BCUT2D eigenvalue weighted by atomic mass is 127. The van der Waals surface area contributed by atoms with Gasteiger partial charge in [-0.15, -0.1) is 0 Å². The van der Waals surface area contributed by atoms with Crippen molar-refractivity contribution in [2.45, 2.75) is 31.3 Å². The highest BCUT2D eigenvalue weighted by molar-refractivity contribution is 14.1. The normalized spacial score (nSPS) is 22.1. The average Bonchev–Trinajstić information content (AvgIpc) is 2.40. The van der Waals surface area contributed by atoms with Crippen LogP contribution < -0.4 is 5.32 Å². The fraction of sp³-hybridized carbons (Fsp3) is 0.500. The van der Waals surface area contributed by atoms with Gasteiger partial charge in [0.05, 0.1) is 10.0 Å². The fourth-order valence-electron chi connectivity index (χ4n) is 2.40. The molecule has 80 valence electrons. The summed E-state index contributed by atoms with van der Waals surface area (Å²) in [7, 11) is 0. The molecule has 2 heterocycles. The van der Waals surface area contributed by atoms with Crippen LogP contribution in [0.15, 0.2) is 10.7 Å². The SMILES string of the molecule is O=C1NC2(CCC2)Cn2cc(I)c(Br)c21. The molecule has 3 rings (SSSR count). The van der Waals surface area contributed by atoms with Crippen LogP contribution >= 0.6 is 38.5 Å². The fourth-order valence-corrected chi connectivity index (χ4v) is 3.51. The van der Waals surface area contributed by atoms with Crippen molar-refractivity contribution in [3.05, 3.63) is 19.9 Å². The molecule has 1 aromatic rings. The maximum Gasteiger partial charge on any atom is 0.269 e. The molecule has 0 aromatic carbocycles. The first-order chi connectivity index (χ1) is 7.11. The summed E-state index contributed by atoms with van der Waals surface area (Å²) in [5.74, 6) is 0.0655. The lowest BCUT2D eigenvalue weighted by molar-refractivity contribution is 0.0718. The van der Waals surface area contributed by atoms with E-state index in [0.717, 1.165) is 33.1 Å². The van der Waals surface area contributed by atoms with Crippen LogP contribution in [-0.2, 0) is 6.54 Å². The Labute approximate surface area is 110 Å². The third kappa shape index (κ3) is 1.39. The molecular formula is C10H10BrIN2O. The summed E-state index contributed by atoms with van der Waals surface area (Å²) in [6, 6.07) is 0. The van der Waals surface area contributed by atoms with Gasteiger partial charge in [-0.05, 0) is 57.8 Å². The number of rotatable bonds is 0. The lowest BCUT2D eigenvalue weighted by Gasteiger charge is -2.45. The van der Waals surface area contributed by atoms with Crippen molar-refractivity contribution >= 4 is 44.4 Å². The molecule has 1 spiro atoms. The second-order valence-electron chi connectivity index (χ2n) is 4.36. The Morgan fingerprint density at radius 2 is 2.27 bits per heavy atom. The summed E-state index contributed by atoms with van der Waals surface area (Å²) in [5.41, 5.74) is 0.836. The molecule has 0 unspecified atom stereocenters. The van der Waals surface area contributed by atoms with Gasteiger partial charge >= 0.3 is 0 Å². The molecule has 1 N–H and O–H groups in total. The van der Waals surface area contributed by atoms with Crippen molar-refractivity contribution in [3.63, 3.8) is 0 Å². The Kier molecular flexibility index (Phi) is 2.18.